The lowest BCUT2D eigenvalue weighted by molar-refractivity contribution is 0.456. The summed E-state index contributed by atoms with van der Waals surface area (Å²) >= 11 is 0. The predicted octanol–water partition coefficient (Wildman–Crippen LogP) is 1.17. The largest absolute Gasteiger partial charge is 0.505 e. The van der Waals surface area contributed by atoms with Crippen LogP contribution in [0.5, 0.6) is 5.75 Å². The first-order valence-corrected chi connectivity index (χ1v) is 1.88. The average Bonchev–Trinajstić information content (AvgIpc) is 1.87. The molecule has 2 nitrogen and oxygen atoms in total. The maximum atomic E-state index is 8.52. The van der Waals surface area contributed by atoms with Gasteiger partial charge in [-0.15, -0.1) is 0 Å². The van der Waals surface area contributed by atoms with Crippen LogP contribution in [-0.2, 0) is 0 Å². The number of furan rings is 1. The Labute approximate surface area is 41.4 Å². The number of hydrogen-bond acceptors (Lipinski definition) is 2. The lowest BCUT2D eigenvalue weighted by Crippen LogP contribution is -1.50. The minimum atomic E-state index is 0.130. The molecule has 7 heavy (non-hydrogen) atoms. The monoisotopic (exact) mass is 97.0 g/mol. The van der Waals surface area contributed by atoms with Gasteiger partial charge in [0.05, 0.1) is 0 Å². The van der Waals surface area contributed by atoms with Crippen molar-refractivity contribution in [2.24, 2.45) is 0 Å². The van der Waals surface area contributed by atoms with E-state index in [0.717, 1.165) is 0 Å². The first kappa shape index (κ1) is 4.24. The van der Waals surface area contributed by atoms with E-state index in [9.17, 15) is 0 Å². The summed E-state index contributed by atoms with van der Waals surface area (Å²) in [6.45, 7) is 3.41. The molecule has 0 spiro atoms. The molecule has 1 heterocycles. The third-order valence-corrected chi connectivity index (χ3v) is 0.640. The molecule has 1 aromatic rings. The van der Waals surface area contributed by atoms with Crippen LogP contribution in [0.25, 0.3) is 0 Å². The zero-order valence-electron chi connectivity index (χ0n) is 3.72. The summed E-state index contributed by atoms with van der Waals surface area (Å²) in [4.78, 5) is 0. The van der Waals surface area contributed by atoms with E-state index >= 15 is 0 Å². The molecule has 1 radical (unpaired) electrons. The van der Waals surface area contributed by atoms with Crippen molar-refractivity contribution in [3.05, 3.63) is 25.0 Å². The van der Waals surface area contributed by atoms with Gasteiger partial charge in [0.25, 0.3) is 0 Å². The molecule has 37 valence electrons. The Kier molecular flexibility index (Phi) is 0.785. The molecule has 0 aliphatic heterocycles. The van der Waals surface area contributed by atoms with Gasteiger partial charge in [-0.2, -0.15) is 0 Å². The lowest BCUT2D eigenvalue weighted by atomic mass is 10.5. The highest BCUT2D eigenvalue weighted by Crippen LogP contribution is 2.10. The number of hydrogen-bond donors (Lipinski definition) is 1. The SMILES string of the molecule is [CH2]c1cc(O)co1. The van der Waals surface area contributed by atoms with Crippen LogP contribution in [0.2, 0.25) is 0 Å². The molecule has 0 fully saturated rings. The summed E-state index contributed by atoms with van der Waals surface area (Å²) in [6.07, 6.45) is 1.24. The molecule has 0 amide bonds. The second kappa shape index (κ2) is 1.30. The van der Waals surface area contributed by atoms with E-state index in [0.29, 0.717) is 5.76 Å². The molecule has 0 unspecified atom stereocenters. The quantitative estimate of drug-likeness (QED) is 0.527. The van der Waals surface area contributed by atoms with Crippen LogP contribution in [0.1, 0.15) is 5.76 Å². The van der Waals surface area contributed by atoms with E-state index in [4.69, 9.17) is 5.11 Å². The van der Waals surface area contributed by atoms with E-state index in [2.05, 4.69) is 11.3 Å². The van der Waals surface area contributed by atoms with Gasteiger partial charge in [-0.25, -0.2) is 0 Å². The van der Waals surface area contributed by atoms with Gasteiger partial charge in [-0.05, 0) is 0 Å². The molecule has 0 aromatic carbocycles. The highest BCUT2D eigenvalue weighted by molar-refractivity contribution is 5.18. The normalized spacial score (nSPS) is 9.29. The van der Waals surface area contributed by atoms with Gasteiger partial charge >= 0.3 is 0 Å². The molecule has 1 N–H and O–H groups in total. The first-order chi connectivity index (χ1) is 3.29. The molecule has 0 bridgehead atoms. The average molecular weight is 97.1 g/mol. The summed E-state index contributed by atoms with van der Waals surface area (Å²) < 4.78 is 4.60. The minimum absolute atomic E-state index is 0.130. The molecule has 1 rings (SSSR count). The maximum absolute atomic E-state index is 8.52. The second-order valence-corrected chi connectivity index (χ2v) is 1.27. The smallest absolute Gasteiger partial charge is 0.153 e. The van der Waals surface area contributed by atoms with E-state index in [1.165, 1.54) is 12.3 Å². The number of aromatic hydroxyl groups is 1. The second-order valence-electron chi connectivity index (χ2n) is 1.27. The van der Waals surface area contributed by atoms with E-state index in [1.54, 1.807) is 0 Å². The summed E-state index contributed by atoms with van der Waals surface area (Å²) in [5, 5.41) is 8.52. The van der Waals surface area contributed by atoms with Gasteiger partial charge < -0.3 is 9.52 Å². The topological polar surface area (TPSA) is 33.4 Å². The Hall–Kier alpha value is -0.920. The van der Waals surface area contributed by atoms with Crippen molar-refractivity contribution in [1.82, 2.24) is 0 Å². The molecule has 1 aromatic heterocycles. The van der Waals surface area contributed by atoms with Crippen LogP contribution >= 0.6 is 0 Å². The van der Waals surface area contributed by atoms with Gasteiger partial charge in [0, 0.05) is 13.0 Å². The Bertz CT molecular complexity index is 138. The van der Waals surface area contributed by atoms with Gasteiger partial charge in [0.1, 0.15) is 12.0 Å². The van der Waals surface area contributed by atoms with Crippen molar-refractivity contribution < 1.29 is 9.52 Å². The zero-order valence-corrected chi connectivity index (χ0v) is 3.72. The van der Waals surface area contributed by atoms with Gasteiger partial charge in [-0.3, -0.25) is 0 Å². The van der Waals surface area contributed by atoms with Crippen molar-refractivity contribution >= 4 is 0 Å². The summed E-state index contributed by atoms with van der Waals surface area (Å²) in [5.74, 6) is 0.613. The highest BCUT2D eigenvalue weighted by Gasteiger charge is 1.88. The molecular formula is C5H5O2. The van der Waals surface area contributed by atoms with Crippen molar-refractivity contribution in [2.45, 2.75) is 0 Å². The molecule has 0 aliphatic rings. The fraction of sp³-hybridized carbons (Fsp3) is 0. The highest BCUT2D eigenvalue weighted by atomic mass is 16.4. The van der Waals surface area contributed by atoms with Crippen LogP contribution in [0.15, 0.2) is 16.7 Å². The van der Waals surface area contributed by atoms with E-state index in [-0.39, 0.29) is 5.75 Å². The summed E-state index contributed by atoms with van der Waals surface area (Å²) in [7, 11) is 0. The fourth-order valence-corrected chi connectivity index (χ4v) is 0.369. The zero-order chi connectivity index (χ0) is 5.28. The number of rotatable bonds is 0. The van der Waals surface area contributed by atoms with Gasteiger partial charge in [0.15, 0.2) is 5.75 Å². The van der Waals surface area contributed by atoms with E-state index < -0.39 is 0 Å². The van der Waals surface area contributed by atoms with E-state index in [1.807, 2.05) is 0 Å². The molecule has 0 aliphatic carbocycles. The molecular weight excluding hydrogens is 92.1 g/mol. The third-order valence-electron chi connectivity index (χ3n) is 0.640. The summed E-state index contributed by atoms with van der Waals surface area (Å²) in [5.41, 5.74) is 0. The van der Waals surface area contributed by atoms with Crippen LogP contribution in [0, 0.1) is 6.92 Å². The predicted molar refractivity (Wildman–Crippen MR) is 24.8 cm³/mol. The third kappa shape index (κ3) is 0.738. The van der Waals surface area contributed by atoms with Crippen LogP contribution in [0.3, 0.4) is 0 Å². The lowest BCUT2D eigenvalue weighted by Gasteiger charge is -1.68. The Balaban J connectivity index is 3.04. The first-order valence-electron chi connectivity index (χ1n) is 1.88. The standard InChI is InChI=1S/C5H5O2/c1-4-2-5(6)3-7-4/h2-3,6H,1H2. The van der Waals surface area contributed by atoms with Crippen molar-refractivity contribution in [2.75, 3.05) is 0 Å². The van der Waals surface area contributed by atoms with Gasteiger partial charge in [0.2, 0.25) is 0 Å². The Morgan fingerprint density at radius 1 is 1.71 bits per heavy atom. The molecule has 0 atom stereocenters. The van der Waals surface area contributed by atoms with Crippen molar-refractivity contribution in [3.8, 4) is 5.75 Å². The minimum Gasteiger partial charge on any atom is -0.505 e. The van der Waals surface area contributed by atoms with Crippen LogP contribution in [0.4, 0.5) is 0 Å². The molecule has 2 heteroatoms. The summed E-state index contributed by atoms with van der Waals surface area (Å²) in [6, 6.07) is 1.44. The maximum Gasteiger partial charge on any atom is 0.153 e. The van der Waals surface area contributed by atoms with Crippen molar-refractivity contribution in [1.29, 1.82) is 0 Å². The van der Waals surface area contributed by atoms with Crippen LogP contribution in [-0.4, -0.2) is 5.11 Å². The Morgan fingerprint density at radius 3 is 2.57 bits per heavy atom. The Morgan fingerprint density at radius 2 is 2.43 bits per heavy atom. The van der Waals surface area contributed by atoms with Crippen molar-refractivity contribution in [3.63, 3.8) is 0 Å². The molecule has 0 saturated heterocycles. The van der Waals surface area contributed by atoms with Crippen LogP contribution < -0.4 is 0 Å². The fourth-order valence-electron chi connectivity index (χ4n) is 0.369. The van der Waals surface area contributed by atoms with Gasteiger partial charge in [-0.1, -0.05) is 0 Å². The molecule has 0 saturated carbocycles.